The molecule has 0 bridgehead atoms. The monoisotopic (exact) mass is 765 g/mol. The summed E-state index contributed by atoms with van der Waals surface area (Å²) in [5.74, 6) is 0. The van der Waals surface area contributed by atoms with Crippen molar-refractivity contribution in [2.45, 2.75) is 119 Å². The van der Waals surface area contributed by atoms with Gasteiger partial charge < -0.3 is 0 Å². The first kappa shape index (κ1) is 42.3. The first-order valence-electron chi connectivity index (χ1n) is 20.9. The van der Waals surface area contributed by atoms with E-state index in [1.54, 1.807) is 0 Å². The van der Waals surface area contributed by atoms with Gasteiger partial charge in [-0.15, -0.1) is 0 Å². The third-order valence-electron chi connectivity index (χ3n) is 11.4. The molecular formula is C56H64N2. The molecule has 0 spiro atoms. The Kier molecular flexibility index (Phi) is 11.8. The molecule has 6 rings (SSSR count). The molecule has 2 heteroatoms. The van der Waals surface area contributed by atoms with Gasteiger partial charge in [0.2, 0.25) is 0 Å². The molecule has 0 aliphatic heterocycles. The van der Waals surface area contributed by atoms with Crippen LogP contribution in [0, 0.1) is 0 Å². The van der Waals surface area contributed by atoms with Crippen molar-refractivity contribution in [3.8, 4) is 44.5 Å². The fourth-order valence-electron chi connectivity index (χ4n) is 7.36. The molecule has 0 N–H and O–H groups in total. The van der Waals surface area contributed by atoms with Gasteiger partial charge in [0.15, 0.2) is 0 Å². The highest BCUT2D eigenvalue weighted by Crippen LogP contribution is 2.43. The summed E-state index contributed by atoms with van der Waals surface area (Å²) in [6.45, 7) is 31.3. The van der Waals surface area contributed by atoms with E-state index in [-0.39, 0.29) is 21.7 Å². The minimum absolute atomic E-state index is 0.0682. The second kappa shape index (κ2) is 16.1. The van der Waals surface area contributed by atoms with E-state index in [0.29, 0.717) is 0 Å². The molecule has 0 atom stereocenters. The molecule has 0 saturated carbocycles. The number of nitrogens with zero attached hydrogens (tertiary/aromatic N) is 2. The summed E-state index contributed by atoms with van der Waals surface area (Å²) in [7, 11) is 0. The molecule has 0 saturated heterocycles. The largest absolute Gasteiger partial charge is 0.251 e. The minimum Gasteiger partial charge on any atom is -0.251 e. The number of para-hydroxylation sites is 2. The van der Waals surface area contributed by atoms with Gasteiger partial charge in [-0.1, -0.05) is 217 Å². The lowest BCUT2D eigenvalue weighted by atomic mass is 9.85. The van der Waals surface area contributed by atoms with Crippen molar-refractivity contribution in [3.05, 3.63) is 156 Å². The maximum Gasteiger partial charge on any atom is 0.0790 e. The Morgan fingerprint density at radius 2 is 0.483 bits per heavy atom. The van der Waals surface area contributed by atoms with Crippen LogP contribution in [0.4, 0.5) is 11.4 Å². The topological polar surface area (TPSA) is 24.7 Å². The number of benzene rings is 6. The van der Waals surface area contributed by atoms with Crippen molar-refractivity contribution in [1.82, 2.24) is 0 Å². The number of rotatable bonds is 7. The molecule has 0 amide bonds. The molecule has 6 aromatic carbocycles. The fraction of sp³-hybridized carbons (Fsp3) is 0.321. The van der Waals surface area contributed by atoms with Crippen LogP contribution in [0.1, 0.15) is 119 Å². The molecule has 298 valence electrons. The molecule has 0 aliphatic carbocycles. The standard InChI is InChI=1S/C56H64N2/c1-37(57-51-47(39-21-29-43(30-22-39)53(3,4)5)17-15-18-48(51)40-23-31-44(32-24-40)54(6,7)8)38(2)58-52-49(41-25-33-45(34-26-41)55(9,10)11)19-16-20-50(52)42-27-35-46(36-28-42)56(12,13)14/h15-36H,1-14H3. The molecule has 0 unspecified atom stereocenters. The van der Waals surface area contributed by atoms with Crippen LogP contribution < -0.4 is 0 Å². The quantitative estimate of drug-likeness (QED) is 0.145. The Morgan fingerprint density at radius 3 is 0.655 bits per heavy atom. The summed E-state index contributed by atoms with van der Waals surface area (Å²) < 4.78 is 0. The molecular weight excluding hydrogens is 701 g/mol. The third-order valence-corrected chi connectivity index (χ3v) is 11.4. The Labute approximate surface area is 350 Å². The predicted molar refractivity (Wildman–Crippen MR) is 255 cm³/mol. The summed E-state index contributed by atoms with van der Waals surface area (Å²) >= 11 is 0. The van der Waals surface area contributed by atoms with Gasteiger partial charge in [0.1, 0.15) is 0 Å². The lowest BCUT2D eigenvalue weighted by Crippen LogP contribution is -2.10. The highest BCUT2D eigenvalue weighted by atomic mass is 14.8. The van der Waals surface area contributed by atoms with Gasteiger partial charge >= 0.3 is 0 Å². The first-order valence-corrected chi connectivity index (χ1v) is 20.9. The zero-order chi connectivity index (χ0) is 42.2. The molecule has 0 radical (unpaired) electrons. The van der Waals surface area contributed by atoms with Crippen LogP contribution in [0.15, 0.2) is 143 Å². The average Bonchev–Trinajstić information content (AvgIpc) is 3.17. The highest BCUT2D eigenvalue weighted by molar-refractivity contribution is 6.42. The zero-order valence-electron chi connectivity index (χ0n) is 37.6. The Hall–Kier alpha value is -5.34. The molecule has 0 heterocycles. The zero-order valence-corrected chi connectivity index (χ0v) is 37.6. The van der Waals surface area contributed by atoms with E-state index in [4.69, 9.17) is 9.98 Å². The summed E-state index contributed by atoms with van der Waals surface area (Å²) in [5, 5.41) is 0. The summed E-state index contributed by atoms with van der Waals surface area (Å²) in [6, 6.07) is 49.2. The van der Waals surface area contributed by atoms with Crippen molar-refractivity contribution >= 4 is 22.8 Å². The van der Waals surface area contributed by atoms with E-state index in [1.807, 2.05) is 0 Å². The molecule has 0 aliphatic rings. The number of hydrogen-bond acceptors (Lipinski definition) is 2. The third kappa shape index (κ3) is 9.50. The SMILES string of the molecule is CC(=Nc1c(-c2ccc(C(C)(C)C)cc2)cccc1-c1ccc(C(C)(C)C)cc1)C(C)=Nc1c(-c2ccc(C(C)(C)C)cc2)cccc1-c1ccc(C(C)(C)C)cc1. The Morgan fingerprint density at radius 1 is 0.293 bits per heavy atom. The smallest absolute Gasteiger partial charge is 0.0790 e. The number of hydrogen-bond donors (Lipinski definition) is 0. The molecule has 0 aromatic heterocycles. The lowest BCUT2D eigenvalue weighted by molar-refractivity contribution is 0.590. The Bertz CT molecular complexity index is 2100. The van der Waals surface area contributed by atoms with E-state index in [9.17, 15) is 0 Å². The van der Waals surface area contributed by atoms with Gasteiger partial charge in [-0.2, -0.15) is 0 Å². The van der Waals surface area contributed by atoms with Crippen LogP contribution in [-0.2, 0) is 21.7 Å². The van der Waals surface area contributed by atoms with Crippen LogP contribution in [0.5, 0.6) is 0 Å². The van der Waals surface area contributed by atoms with Gasteiger partial charge in [-0.3, -0.25) is 9.98 Å². The summed E-state index contributed by atoms with van der Waals surface area (Å²) in [5.41, 5.74) is 18.1. The van der Waals surface area contributed by atoms with E-state index in [0.717, 1.165) is 67.3 Å². The van der Waals surface area contributed by atoms with Gasteiger partial charge in [-0.25, -0.2) is 0 Å². The van der Waals surface area contributed by atoms with Crippen LogP contribution in [0.2, 0.25) is 0 Å². The summed E-state index contributed by atoms with van der Waals surface area (Å²) in [6.07, 6.45) is 0. The van der Waals surface area contributed by atoms with Gasteiger partial charge in [0.25, 0.3) is 0 Å². The van der Waals surface area contributed by atoms with Gasteiger partial charge in [-0.05, 0) is 80.0 Å². The molecule has 58 heavy (non-hydrogen) atoms. The first-order chi connectivity index (χ1) is 27.1. The van der Waals surface area contributed by atoms with Crippen molar-refractivity contribution in [2.75, 3.05) is 0 Å². The minimum atomic E-state index is 0.0682. The predicted octanol–water partition coefficient (Wildman–Crippen LogP) is 16.4. The van der Waals surface area contributed by atoms with Crippen LogP contribution >= 0.6 is 0 Å². The molecule has 6 aromatic rings. The van der Waals surface area contributed by atoms with E-state index < -0.39 is 0 Å². The molecule has 2 nitrogen and oxygen atoms in total. The van der Waals surface area contributed by atoms with Crippen LogP contribution in [0.25, 0.3) is 44.5 Å². The lowest BCUT2D eigenvalue weighted by Gasteiger charge is -2.21. The van der Waals surface area contributed by atoms with Crippen molar-refractivity contribution in [3.63, 3.8) is 0 Å². The normalized spacial score (nSPS) is 13.2. The highest BCUT2D eigenvalue weighted by Gasteiger charge is 2.20. The molecule has 0 fully saturated rings. The van der Waals surface area contributed by atoms with Crippen molar-refractivity contribution in [2.24, 2.45) is 9.98 Å². The maximum atomic E-state index is 5.52. The fourth-order valence-corrected chi connectivity index (χ4v) is 7.36. The van der Waals surface area contributed by atoms with Crippen LogP contribution in [-0.4, -0.2) is 11.4 Å². The van der Waals surface area contributed by atoms with E-state index >= 15 is 0 Å². The maximum absolute atomic E-state index is 5.52. The van der Waals surface area contributed by atoms with Gasteiger partial charge in [0.05, 0.1) is 22.8 Å². The van der Waals surface area contributed by atoms with Crippen molar-refractivity contribution < 1.29 is 0 Å². The van der Waals surface area contributed by atoms with Crippen LogP contribution in [0.3, 0.4) is 0 Å². The Balaban J connectivity index is 1.53. The van der Waals surface area contributed by atoms with Gasteiger partial charge in [0, 0.05) is 22.3 Å². The van der Waals surface area contributed by atoms with E-state index in [1.165, 1.54) is 22.3 Å². The average molecular weight is 765 g/mol. The number of aliphatic imine (C=N–C) groups is 2. The van der Waals surface area contributed by atoms with Crippen molar-refractivity contribution in [1.29, 1.82) is 0 Å². The summed E-state index contributed by atoms with van der Waals surface area (Å²) in [4.78, 5) is 11.0. The van der Waals surface area contributed by atoms with E-state index in [2.05, 4.69) is 230 Å². The second-order valence-corrected chi connectivity index (χ2v) is 20.1. The second-order valence-electron chi connectivity index (χ2n) is 20.1.